The van der Waals surface area contributed by atoms with Crippen LogP contribution in [0.15, 0.2) is 24.3 Å². The zero-order valence-corrected chi connectivity index (χ0v) is 12.6. The highest BCUT2D eigenvalue weighted by Crippen LogP contribution is 2.24. The van der Waals surface area contributed by atoms with Gasteiger partial charge in [-0.2, -0.15) is 0 Å². The van der Waals surface area contributed by atoms with Crippen LogP contribution in [0.4, 0.5) is 11.6 Å². The second-order valence-corrected chi connectivity index (χ2v) is 5.23. The van der Waals surface area contributed by atoms with E-state index in [0.29, 0.717) is 11.1 Å². The highest BCUT2D eigenvalue weighted by Gasteiger charge is 2.15. The lowest BCUT2D eigenvalue weighted by molar-refractivity contribution is 0.415. The van der Waals surface area contributed by atoms with Crippen LogP contribution in [0, 0.1) is 0 Å². The van der Waals surface area contributed by atoms with Crippen molar-refractivity contribution in [3.05, 3.63) is 40.7 Å². The van der Waals surface area contributed by atoms with Crippen molar-refractivity contribution in [3.63, 3.8) is 0 Å². The molecule has 0 unspecified atom stereocenters. The van der Waals surface area contributed by atoms with E-state index in [1.54, 1.807) is 7.11 Å². The summed E-state index contributed by atoms with van der Waals surface area (Å²) in [6, 6.07) is 7.63. The van der Waals surface area contributed by atoms with E-state index in [1.165, 1.54) is 0 Å². The Morgan fingerprint density at radius 3 is 2.95 bits per heavy atom. The summed E-state index contributed by atoms with van der Waals surface area (Å²) in [5.74, 6) is 1.30. The van der Waals surface area contributed by atoms with Crippen LogP contribution in [0.1, 0.15) is 11.3 Å². The van der Waals surface area contributed by atoms with Crippen LogP contribution in [-0.2, 0) is 12.8 Å². The minimum atomic E-state index is 0.522. The molecule has 5 nitrogen and oxygen atoms in total. The molecule has 0 amide bonds. The van der Waals surface area contributed by atoms with E-state index in [1.807, 2.05) is 24.3 Å². The summed E-state index contributed by atoms with van der Waals surface area (Å²) >= 11 is 6.30. The van der Waals surface area contributed by atoms with Gasteiger partial charge >= 0.3 is 0 Å². The first-order chi connectivity index (χ1) is 10.3. The van der Waals surface area contributed by atoms with Gasteiger partial charge in [-0.3, -0.25) is 0 Å². The number of ether oxygens (including phenoxy) is 1. The monoisotopic (exact) mass is 304 g/mol. The van der Waals surface area contributed by atoms with E-state index < -0.39 is 0 Å². The molecule has 0 saturated heterocycles. The molecular weight excluding hydrogens is 288 g/mol. The maximum atomic E-state index is 6.30. The smallest absolute Gasteiger partial charge is 0.228 e. The molecule has 3 rings (SSSR count). The first-order valence-electron chi connectivity index (χ1n) is 6.93. The molecule has 21 heavy (non-hydrogen) atoms. The van der Waals surface area contributed by atoms with Crippen LogP contribution >= 0.6 is 11.6 Å². The van der Waals surface area contributed by atoms with Gasteiger partial charge in [0.1, 0.15) is 10.9 Å². The van der Waals surface area contributed by atoms with Crippen molar-refractivity contribution in [3.8, 4) is 5.75 Å². The second kappa shape index (κ2) is 6.28. The first-order valence-corrected chi connectivity index (χ1v) is 7.31. The van der Waals surface area contributed by atoms with Crippen LogP contribution < -0.4 is 15.4 Å². The predicted octanol–water partition coefficient (Wildman–Crippen LogP) is 2.57. The standard InChI is InChI=1S/C15H17ClN4O/c1-21-11-4-2-3-10(9-11)18-15-19-13-6-8-17-7-5-12(13)14(16)20-15/h2-4,9,17H,5-8H2,1H3,(H,18,19,20). The molecule has 2 aromatic rings. The average Bonchev–Trinajstić information content (AvgIpc) is 2.73. The summed E-state index contributed by atoms with van der Waals surface area (Å²) in [7, 11) is 1.64. The Morgan fingerprint density at radius 1 is 1.24 bits per heavy atom. The van der Waals surface area contributed by atoms with Gasteiger partial charge in [-0.25, -0.2) is 9.97 Å². The Bertz CT molecular complexity index is 648. The van der Waals surface area contributed by atoms with Gasteiger partial charge in [0.25, 0.3) is 0 Å². The number of halogens is 1. The van der Waals surface area contributed by atoms with Crippen LogP contribution in [0.25, 0.3) is 0 Å². The third-order valence-corrected chi connectivity index (χ3v) is 3.77. The van der Waals surface area contributed by atoms with Gasteiger partial charge in [-0.15, -0.1) is 0 Å². The number of nitrogens with zero attached hydrogens (tertiary/aromatic N) is 2. The fraction of sp³-hybridized carbons (Fsp3) is 0.333. The zero-order chi connectivity index (χ0) is 14.7. The number of hydrogen-bond donors (Lipinski definition) is 2. The lowest BCUT2D eigenvalue weighted by atomic mass is 10.1. The summed E-state index contributed by atoms with van der Waals surface area (Å²) < 4.78 is 5.21. The first kappa shape index (κ1) is 14.1. The Balaban J connectivity index is 1.88. The molecule has 1 aromatic carbocycles. The van der Waals surface area contributed by atoms with Crippen molar-refractivity contribution in [1.82, 2.24) is 15.3 Å². The van der Waals surface area contributed by atoms with Crippen LogP contribution in [0.5, 0.6) is 5.75 Å². The maximum Gasteiger partial charge on any atom is 0.228 e. The summed E-state index contributed by atoms with van der Waals surface area (Å²) in [4.78, 5) is 8.95. The number of nitrogens with one attached hydrogen (secondary N) is 2. The van der Waals surface area contributed by atoms with Gasteiger partial charge in [0, 0.05) is 30.3 Å². The van der Waals surface area contributed by atoms with Crippen LogP contribution in [-0.4, -0.2) is 30.2 Å². The largest absolute Gasteiger partial charge is 0.497 e. The fourth-order valence-electron chi connectivity index (χ4n) is 2.39. The predicted molar refractivity (Wildman–Crippen MR) is 83.6 cm³/mol. The number of aromatic nitrogens is 2. The third-order valence-electron chi connectivity index (χ3n) is 3.46. The Kier molecular flexibility index (Phi) is 4.22. The molecule has 0 spiro atoms. The molecule has 2 heterocycles. The lowest BCUT2D eigenvalue weighted by Gasteiger charge is -2.11. The molecule has 0 aliphatic carbocycles. The van der Waals surface area contributed by atoms with E-state index in [4.69, 9.17) is 16.3 Å². The summed E-state index contributed by atoms with van der Waals surface area (Å²) in [5.41, 5.74) is 2.94. The molecule has 1 aromatic heterocycles. The van der Waals surface area contributed by atoms with Crippen LogP contribution in [0.2, 0.25) is 5.15 Å². The number of fused-ring (bicyclic) bond motifs is 1. The third kappa shape index (κ3) is 3.25. The molecule has 0 bridgehead atoms. The number of methoxy groups -OCH3 is 1. The zero-order valence-electron chi connectivity index (χ0n) is 11.8. The topological polar surface area (TPSA) is 59.1 Å². The van der Waals surface area contributed by atoms with Crippen molar-refractivity contribution in [2.45, 2.75) is 12.8 Å². The minimum absolute atomic E-state index is 0.522. The van der Waals surface area contributed by atoms with Gasteiger partial charge in [0.2, 0.25) is 5.95 Å². The average molecular weight is 305 g/mol. The second-order valence-electron chi connectivity index (χ2n) is 4.87. The highest BCUT2D eigenvalue weighted by atomic mass is 35.5. The van der Waals surface area contributed by atoms with E-state index in [0.717, 1.165) is 48.6 Å². The van der Waals surface area contributed by atoms with Gasteiger partial charge in [0.05, 0.1) is 12.8 Å². The fourth-order valence-corrected chi connectivity index (χ4v) is 2.67. The Morgan fingerprint density at radius 2 is 2.10 bits per heavy atom. The van der Waals surface area contributed by atoms with Crippen molar-refractivity contribution >= 4 is 23.2 Å². The maximum absolute atomic E-state index is 6.30. The summed E-state index contributed by atoms with van der Waals surface area (Å²) in [6.07, 6.45) is 1.73. The lowest BCUT2D eigenvalue weighted by Crippen LogP contribution is -2.16. The molecule has 1 aliphatic heterocycles. The Labute approximate surface area is 128 Å². The van der Waals surface area contributed by atoms with E-state index in [2.05, 4.69) is 20.6 Å². The molecule has 2 N–H and O–H groups in total. The molecule has 110 valence electrons. The van der Waals surface area contributed by atoms with E-state index >= 15 is 0 Å². The normalized spacial score (nSPS) is 14.2. The number of rotatable bonds is 3. The molecular formula is C15H17ClN4O. The van der Waals surface area contributed by atoms with Crippen molar-refractivity contribution in [1.29, 1.82) is 0 Å². The van der Waals surface area contributed by atoms with Crippen LogP contribution in [0.3, 0.4) is 0 Å². The SMILES string of the molecule is COc1cccc(Nc2nc(Cl)c3c(n2)CCNCC3)c1. The van der Waals surface area contributed by atoms with Crippen molar-refractivity contribution in [2.75, 3.05) is 25.5 Å². The number of anilines is 2. The number of benzene rings is 1. The minimum Gasteiger partial charge on any atom is -0.497 e. The van der Waals surface area contributed by atoms with E-state index in [-0.39, 0.29) is 0 Å². The highest BCUT2D eigenvalue weighted by molar-refractivity contribution is 6.30. The Hall–Kier alpha value is -1.85. The molecule has 0 atom stereocenters. The molecule has 6 heteroatoms. The van der Waals surface area contributed by atoms with Crippen molar-refractivity contribution in [2.24, 2.45) is 0 Å². The summed E-state index contributed by atoms with van der Waals surface area (Å²) in [6.45, 7) is 1.83. The van der Waals surface area contributed by atoms with E-state index in [9.17, 15) is 0 Å². The molecule has 0 radical (unpaired) electrons. The quantitative estimate of drug-likeness (QED) is 0.854. The number of hydrogen-bond acceptors (Lipinski definition) is 5. The van der Waals surface area contributed by atoms with Gasteiger partial charge in [0.15, 0.2) is 0 Å². The van der Waals surface area contributed by atoms with Gasteiger partial charge < -0.3 is 15.4 Å². The van der Waals surface area contributed by atoms with Crippen molar-refractivity contribution < 1.29 is 4.74 Å². The van der Waals surface area contributed by atoms with Gasteiger partial charge in [-0.05, 0) is 25.1 Å². The molecule has 1 aliphatic rings. The molecule has 0 saturated carbocycles. The molecule has 0 fully saturated rings. The summed E-state index contributed by atoms with van der Waals surface area (Å²) in [5, 5.41) is 7.06. The van der Waals surface area contributed by atoms with Gasteiger partial charge in [-0.1, -0.05) is 17.7 Å².